The first kappa shape index (κ1) is 23.1. The van der Waals surface area contributed by atoms with E-state index in [1.54, 1.807) is 24.3 Å². The quantitative estimate of drug-likeness (QED) is 0.406. The fourth-order valence-electron chi connectivity index (χ4n) is 2.87. The van der Waals surface area contributed by atoms with Crippen LogP contribution < -0.4 is 19.5 Å². The van der Waals surface area contributed by atoms with Crippen LogP contribution in [0.15, 0.2) is 47.1 Å². The average molecular weight is 440 g/mol. The van der Waals surface area contributed by atoms with Gasteiger partial charge in [-0.05, 0) is 72.0 Å². The number of anilines is 1. The summed E-state index contributed by atoms with van der Waals surface area (Å²) < 4.78 is 22.1. The van der Waals surface area contributed by atoms with Crippen molar-refractivity contribution in [2.45, 2.75) is 40.0 Å². The lowest BCUT2D eigenvalue weighted by atomic mass is 10.1. The highest BCUT2D eigenvalue weighted by Gasteiger charge is 2.18. The van der Waals surface area contributed by atoms with Gasteiger partial charge in [-0.2, -0.15) is 0 Å². The van der Waals surface area contributed by atoms with Crippen LogP contribution in [0.5, 0.6) is 17.2 Å². The van der Waals surface area contributed by atoms with Crippen LogP contribution in [0.3, 0.4) is 0 Å². The molecule has 0 saturated carbocycles. The number of carbonyl (C=O) groups excluding carboxylic acids is 1. The zero-order chi connectivity index (χ0) is 22.8. The van der Waals surface area contributed by atoms with Gasteiger partial charge in [0.25, 0.3) is 5.91 Å². The number of aromatic nitrogens is 2. The first-order valence-corrected chi connectivity index (χ1v) is 10.9. The van der Waals surface area contributed by atoms with E-state index in [0.29, 0.717) is 48.1 Å². The molecule has 0 spiro atoms. The van der Waals surface area contributed by atoms with E-state index in [0.717, 1.165) is 25.0 Å². The topological polar surface area (TPSA) is 95.7 Å². The van der Waals surface area contributed by atoms with Gasteiger partial charge in [-0.25, -0.2) is 4.63 Å². The number of carbonyl (C=O) groups is 1. The summed E-state index contributed by atoms with van der Waals surface area (Å²) >= 11 is 0. The summed E-state index contributed by atoms with van der Waals surface area (Å²) in [7, 11) is 0. The highest BCUT2D eigenvalue weighted by Crippen LogP contribution is 2.34. The molecule has 0 atom stereocenters. The first-order chi connectivity index (χ1) is 15.7. The fraction of sp³-hybridized carbons (Fsp3) is 0.375. The third kappa shape index (κ3) is 6.00. The molecule has 2 aromatic carbocycles. The summed E-state index contributed by atoms with van der Waals surface area (Å²) in [5.41, 5.74) is 1.57. The molecule has 0 radical (unpaired) electrons. The third-order valence-electron chi connectivity index (χ3n) is 4.45. The molecule has 3 rings (SSSR count). The molecule has 1 aromatic heterocycles. The predicted molar refractivity (Wildman–Crippen MR) is 121 cm³/mol. The maximum absolute atomic E-state index is 12.7. The monoisotopic (exact) mass is 439 g/mol. The van der Waals surface area contributed by atoms with Gasteiger partial charge in [0.15, 0.2) is 17.2 Å². The van der Waals surface area contributed by atoms with Crippen LogP contribution in [0.25, 0.3) is 11.3 Å². The van der Waals surface area contributed by atoms with Crippen molar-refractivity contribution >= 4 is 11.7 Å². The largest absolute Gasteiger partial charge is 0.494 e. The minimum atomic E-state index is -0.325. The molecule has 3 aromatic rings. The Morgan fingerprint density at radius 1 is 0.844 bits per heavy atom. The van der Waals surface area contributed by atoms with Crippen molar-refractivity contribution in [2.75, 3.05) is 25.1 Å². The number of benzene rings is 2. The van der Waals surface area contributed by atoms with Crippen LogP contribution >= 0.6 is 0 Å². The number of ether oxygens (including phenoxy) is 3. The Hall–Kier alpha value is -3.55. The summed E-state index contributed by atoms with van der Waals surface area (Å²) in [5, 5.41) is 10.6. The van der Waals surface area contributed by atoms with Crippen LogP contribution in [0.1, 0.15) is 50.4 Å². The van der Waals surface area contributed by atoms with Crippen LogP contribution in [0.4, 0.5) is 5.82 Å². The summed E-state index contributed by atoms with van der Waals surface area (Å²) in [5.74, 6) is 1.90. The fourth-order valence-corrected chi connectivity index (χ4v) is 2.87. The van der Waals surface area contributed by atoms with E-state index in [9.17, 15) is 4.79 Å². The van der Waals surface area contributed by atoms with Crippen molar-refractivity contribution < 1.29 is 23.6 Å². The number of rotatable bonds is 12. The molecule has 0 unspecified atom stereocenters. The molecule has 0 saturated heterocycles. The molecule has 32 heavy (non-hydrogen) atoms. The average Bonchev–Trinajstić information content (AvgIpc) is 3.28. The van der Waals surface area contributed by atoms with E-state index >= 15 is 0 Å². The summed E-state index contributed by atoms with van der Waals surface area (Å²) in [6.45, 7) is 7.90. The van der Waals surface area contributed by atoms with Crippen LogP contribution in [-0.2, 0) is 0 Å². The summed E-state index contributed by atoms with van der Waals surface area (Å²) in [4.78, 5) is 12.7. The highest BCUT2D eigenvalue weighted by molar-refractivity contribution is 6.05. The maximum Gasteiger partial charge on any atom is 0.256 e. The Kier molecular flexibility index (Phi) is 8.48. The van der Waals surface area contributed by atoms with Gasteiger partial charge in [0.05, 0.1) is 19.8 Å². The van der Waals surface area contributed by atoms with Gasteiger partial charge in [-0.3, -0.25) is 4.79 Å². The van der Waals surface area contributed by atoms with Crippen LogP contribution in [0, 0.1) is 0 Å². The SMILES string of the molecule is CCCOc1ccc(C(=O)Nc2nonc2-c2ccc(OCCC)c(OCCC)c2)cc1. The zero-order valence-corrected chi connectivity index (χ0v) is 18.7. The lowest BCUT2D eigenvalue weighted by Crippen LogP contribution is -2.12. The van der Waals surface area contributed by atoms with Crippen LogP contribution in [-0.4, -0.2) is 36.0 Å². The van der Waals surface area contributed by atoms with Crippen molar-refractivity contribution in [3.63, 3.8) is 0 Å². The molecule has 0 aliphatic rings. The molecule has 0 aliphatic carbocycles. The second-order valence-corrected chi connectivity index (χ2v) is 7.15. The second-order valence-electron chi connectivity index (χ2n) is 7.15. The van der Waals surface area contributed by atoms with Gasteiger partial charge in [-0.1, -0.05) is 20.8 Å². The molecule has 0 fully saturated rings. The van der Waals surface area contributed by atoms with E-state index in [1.165, 1.54) is 0 Å². The van der Waals surface area contributed by atoms with E-state index in [4.69, 9.17) is 18.8 Å². The molecule has 0 aliphatic heterocycles. The van der Waals surface area contributed by atoms with Crippen molar-refractivity contribution in [1.82, 2.24) is 10.3 Å². The van der Waals surface area contributed by atoms with Crippen molar-refractivity contribution in [2.24, 2.45) is 0 Å². The Morgan fingerprint density at radius 2 is 1.50 bits per heavy atom. The second kappa shape index (κ2) is 11.7. The number of amides is 1. The van der Waals surface area contributed by atoms with Crippen molar-refractivity contribution in [3.8, 4) is 28.5 Å². The van der Waals surface area contributed by atoms with E-state index in [-0.39, 0.29) is 11.7 Å². The van der Waals surface area contributed by atoms with Crippen molar-refractivity contribution in [3.05, 3.63) is 48.0 Å². The Morgan fingerprint density at radius 3 is 2.19 bits per heavy atom. The lowest BCUT2D eigenvalue weighted by Gasteiger charge is -2.13. The van der Waals surface area contributed by atoms with Crippen molar-refractivity contribution in [1.29, 1.82) is 0 Å². The van der Waals surface area contributed by atoms with Crippen LogP contribution in [0.2, 0.25) is 0 Å². The first-order valence-electron chi connectivity index (χ1n) is 10.9. The Labute approximate surface area is 187 Å². The highest BCUT2D eigenvalue weighted by atomic mass is 16.6. The Balaban J connectivity index is 1.77. The standard InChI is InChI=1S/C24H29N3O5/c1-4-13-29-19-10-7-17(8-11-19)24(28)25-23-22(26-32-27-23)18-9-12-20(30-14-5-2)21(16-18)31-15-6-3/h7-12,16H,4-6,13-15H2,1-3H3,(H,25,27,28). The number of nitrogens with one attached hydrogen (secondary N) is 1. The third-order valence-corrected chi connectivity index (χ3v) is 4.45. The van der Waals surface area contributed by atoms with Gasteiger partial charge in [0.2, 0.25) is 5.82 Å². The number of hydrogen-bond donors (Lipinski definition) is 1. The molecule has 0 bridgehead atoms. The minimum Gasteiger partial charge on any atom is -0.494 e. The molecule has 1 amide bonds. The molecule has 8 heteroatoms. The normalized spacial score (nSPS) is 10.6. The van der Waals surface area contributed by atoms with Gasteiger partial charge < -0.3 is 19.5 Å². The maximum atomic E-state index is 12.7. The zero-order valence-electron chi connectivity index (χ0n) is 18.7. The molecular weight excluding hydrogens is 410 g/mol. The Bertz CT molecular complexity index is 1000. The number of nitrogens with zero attached hydrogens (tertiary/aromatic N) is 2. The minimum absolute atomic E-state index is 0.227. The molecule has 170 valence electrons. The van der Waals surface area contributed by atoms with E-state index < -0.39 is 0 Å². The molecular formula is C24H29N3O5. The summed E-state index contributed by atoms with van der Waals surface area (Å²) in [6, 6.07) is 12.4. The van der Waals surface area contributed by atoms with Gasteiger partial charge in [0.1, 0.15) is 5.75 Å². The predicted octanol–water partition coefficient (Wildman–Crippen LogP) is 5.36. The molecule has 8 nitrogen and oxygen atoms in total. The van der Waals surface area contributed by atoms with E-state index in [2.05, 4.69) is 15.6 Å². The van der Waals surface area contributed by atoms with Gasteiger partial charge >= 0.3 is 0 Å². The van der Waals surface area contributed by atoms with E-state index in [1.807, 2.05) is 39.0 Å². The summed E-state index contributed by atoms with van der Waals surface area (Å²) in [6.07, 6.45) is 2.68. The van der Waals surface area contributed by atoms with Gasteiger partial charge in [-0.15, -0.1) is 0 Å². The van der Waals surface area contributed by atoms with Gasteiger partial charge in [0, 0.05) is 11.1 Å². The molecule has 1 N–H and O–H groups in total. The lowest BCUT2D eigenvalue weighted by molar-refractivity contribution is 0.102. The number of hydrogen-bond acceptors (Lipinski definition) is 7. The smallest absolute Gasteiger partial charge is 0.256 e. The molecule has 1 heterocycles.